The molecule has 0 spiro atoms. The van der Waals surface area contributed by atoms with Crippen LogP contribution < -0.4 is 4.74 Å². The number of nitrogens with zero attached hydrogens (tertiary/aromatic N) is 1. The van der Waals surface area contributed by atoms with Crippen molar-refractivity contribution in [3.63, 3.8) is 0 Å². The number of aliphatic hydroxyl groups is 1. The van der Waals surface area contributed by atoms with Crippen molar-refractivity contribution in [2.24, 2.45) is 0 Å². The van der Waals surface area contributed by atoms with Gasteiger partial charge in [-0.15, -0.1) is 0 Å². The van der Waals surface area contributed by atoms with Crippen LogP contribution in [0, 0.1) is 17.1 Å². The lowest BCUT2D eigenvalue weighted by Crippen LogP contribution is -2.16. The summed E-state index contributed by atoms with van der Waals surface area (Å²) < 4.78 is 17.9. The zero-order chi connectivity index (χ0) is 10.4. The van der Waals surface area contributed by atoms with Crippen molar-refractivity contribution in [1.82, 2.24) is 0 Å². The molecule has 1 atom stereocenters. The largest absolute Gasteiger partial charge is 0.488 e. The van der Waals surface area contributed by atoms with Crippen molar-refractivity contribution in [3.8, 4) is 11.8 Å². The number of aliphatic hydroxyl groups excluding tert-OH is 1. The summed E-state index contributed by atoms with van der Waals surface area (Å²) in [6, 6.07) is 7.71. The van der Waals surface area contributed by atoms with Gasteiger partial charge in [0.2, 0.25) is 0 Å². The van der Waals surface area contributed by atoms with E-state index >= 15 is 0 Å². The monoisotopic (exact) mass is 195 g/mol. The van der Waals surface area contributed by atoms with E-state index in [9.17, 15) is 4.39 Å². The van der Waals surface area contributed by atoms with Gasteiger partial charge in [0.05, 0.1) is 12.5 Å². The quantitative estimate of drug-likeness (QED) is 0.791. The van der Waals surface area contributed by atoms with E-state index in [2.05, 4.69) is 0 Å². The summed E-state index contributed by atoms with van der Waals surface area (Å²) in [6.45, 7) is -0.0749. The molecule has 0 saturated carbocycles. The highest BCUT2D eigenvalue weighted by Gasteiger charge is 2.06. The third kappa shape index (κ3) is 3.04. The number of halogens is 1. The topological polar surface area (TPSA) is 53.2 Å². The fourth-order valence-electron chi connectivity index (χ4n) is 0.912. The smallest absolute Gasteiger partial charge is 0.165 e. The van der Waals surface area contributed by atoms with E-state index in [1.54, 1.807) is 18.2 Å². The first kappa shape index (κ1) is 10.5. The second-order valence-corrected chi connectivity index (χ2v) is 2.76. The lowest BCUT2D eigenvalue weighted by atomic mass is 10.3. The predicted octanol–water partition coefficient (Wildman–Crippen LogP) is 1.48. The van der Waals surface area contributed by atoms with Gasteiger partial charge >= 0.3 is 0 Å². The normalized spacial score (nSPS) is 11.8. The minimum atomic E-state index is -0.875. The molecule has 1 aromatic carbocycles. The van der Waals surface area contributed by atoms with Gasteiger partial charge in [0.1, 0.15) is 12.7 Å². The Kier molecular flexibility index (Phi) is 3.89. The third-order valence-corrected chi connectivity index (χ3v) is 1.59. The van der Waals surface area contributed by atoms with Gasteiger partial charge in [0, 0.05) is 0 Å². The Morgan fingerprint density at radius 1 is 1.50 bits per heavy atom. The summed E-state index contributed by atoms with van der Waals surface area (Å²) >= 11 is 0. The molecule has 0 radical (unpaired) electrons. The van der Waals surface area contributed by atoms with Crippen molar-refractivity contribution in [3.05, 3.63) is 30.1 Å². The van der Waals surface area contributed by atoms with Crippen LogP contribution in [0.5, 0.6) is 5.75 Å². The summed E-state index contributed by atoms with van der Waals surface area (Å²) in [7, 11) is 0. The molecule has 14 heavy (non-hydrogen) atoms. The summed E-state index contributed by atoms with van der Waals surface area (Å²) in [4.78, 5) is 0. The molecule has 0 aliphatic rings. The molecule has 0 aliphatic heterocycles. The van der Waals surface area contributed by atoms with Gasteiger partial charge in [-0.05, 0) is 12.1 Å². The van der Waals surface area contributed by atoms with Crippen molar-refractivity contribution < 1.29 is 14.2 Å². The highest BCUT2D eigenvalue weighted by molar-refractivity contribution is 5.23. The number of hydrogen-bond acceptors (Lipinski definition) is 3. The Hall–Kier alpha value is -1.60. The van der Waals surface area contributed by atoms with Gasteiger partial charge in [-0.3, -0.25) is 0 Å². The molecule has 1 unspecified atom stereocenters. The predicted molar refractivity (Wildman–Crippen MR) is 48.1 cm³/mol. The molecule has 1 rings (SSSR count). The summed E-state index contributed by atoms with van der Waals surface area (Å²) in [5, 5.41) is 17.4. The van der Waals surface area contributed by atoms with Crippen LogP contribution in [0.25, 0.3) is 0 Å². The van der Waals surface area contributed by atoms with Crippen LogP contribution in [0.15, 0.2) is 24.3 Å². The van der Waals surface area contributed by atoms with Crippen LogP contribution in [-0.2, 0) is 0 Å². The summed E-state index contributed by atoms with van der Waals surface area (Å²) in [5.74, 6) is -0.388. The first-order valence-electron chi connectivity index (χ1n) is 4.16. The van der Waals surface area contributed by atoms with E-state index in [0.717, 1.165) is 0 Å². The number of benzene rings is 1. The van der Waals surface area contributed by atoms with Crippen molar-refractivity contribution in [2.75, 3.05) is 6.61 Å². The van der Waals surface area contributed by atoms with E-state index < -0.39 is 11.9 Å². The molecule has 1 N–H and O–H groups in total. The maximum Gasteiger partial charge on any atom is 0.165 e. The number of para-hydroxylation sites is 1. The molecule has 0 fully saturated rings. The number of hydrogen-bond donors (Lipinski definition) is 1. The molecule has 0 heterocycles. The standard InChI is InChI=1S/C10H10FNO2/c11-9-3-1-2-4-10(9)14-7-8(13)5-6-12/h1-4,8,13H,5,7H2. The van der Waals surface area contributed by atoms with Gasteiger partial charge in [0.25, 0.3) is 0 Å². The SMILES string of the molecule is N#CCC(O)COc1ccccc1F. The van der Waals surface area contributed by atoms with Crippen LogP contribution in [-0.4, -0.2) is 17.8 Å². The van der Waals surface area contributed by atoms with Crippen LogP contribution in [0.2, 0.25) is 0 Å². The summed E-state index contributed by atoms with van der Waals surface area (Å²) in [5.41, 5.74) is 0. The second-order valence-electron chi connectivity index (χ2n) is 2.76. The van der Waals surface area contributed by atoms with Gasteiger partial charge < -0.3 is 9.84 Å². The Labute approximate surface area is 81.4 Å². The molecular weight excluding hydrogens is 185 g/mol. The second kappa shape index (κ2) is 5.20. The van der Waals surface area contributed by atoms with Crippen molar-refractivity contribution >= 4 is 0 Å². The zero-order valence-electron chi connectivity index (χ0n) is 7.48. The molecule has 1 aromatic rings. The average Bonchev–Trinajstić information content (AvgIpc) is 2.17. The van der Waals surface area contributed by atoms with Crippen LogP contribution in [0.4, 0.5) is 4.39 Å². The van der Waals surface area contributed by atoms with Crippen molar-refractivity contribution in [2.45, 2.75) is 12.5 Å². The molecule has 74 valence electrons. The van der Waals surface area contributed by atoms with E-state index in [1.807, 2.05) is 0 Å². The fraction of sp³-hybridized carbons (Fsp3) is 0.300. The Balaban J connectivity index is 2.46. The number of rotatable bonds is 4. The van der Waals surface area contributed by atoms with Crippen LogP contribution in [0.1, 0.15) is 6.42 Å². The van der Waals surface area contributed by atoms with Gasteiger partial charge in [0.15, 0.2) is 11.6 Å². The van der Waals surface area contributed by atoms with E-state index in [1.165, 1.54) is 12.1 Å². The molecule has 4 heteroatoms. The van der Waals surface area contributed by atoms with Gasteiger partial charge in [-0.2, -0.15) is 5.26 Å². The third-order valence-electron chi connectivity index (χ3n) is 1.59. The average molecular weight is 195 g/mol. The van der Waals surface area contributed by atoms with Gasteiger partial charge in [-0.1, -0.05) is 12.1 Å². The zero-order valence-corrected chi connectivity index (χ0v) is 7.48. The molecular formula is C10H10FNO2. The van der Waals surface area contributed by atoms with Crippen molar-refractivity contribution in [1.29, 1.82) is 5.26 Å². The van der Waals surface area contributed by atoms with E-state index in [0.29, 0.717) is 0 Å². The minimum Gasteiger partial charge on any atom is -0.488 e. The maximum atomic E-state index is 13.0. The fourth-order valence-corrected chi connectivity index (χ4v) is 0.912. The maximum absolute atomic E-state index is 13.0. The molecule has 0 bridgehead atoms. The Bertz CT molecular complexity index is 335. The van der Waals surface area contributed by atoms with Gasteiger partial charge in [-0.25, -0.2) is 4.39 Å². The highest BCUT2D eigenvalue weighted by Crippen LogP contribution is 2.15. The first-order chi connectivity index (χ1) is 6.74. The Morgan fingerprint density at radius 2 is 2.21 bits per heavy atom. The molecule has 3 nitrogen and oxygen atoms in total. The molecule has 0 saturated heterocycles. The molecule has 0 amide bonds. The minimum absolute atomic E-state index is 0.0194. The first-order valence-corrected chi connectivity index (χ1v) is 4.16. The number of ether oxygens (including phenoxy) is 1. The molecule has 0 aliphatic carbocycles. The lowest BCUT2D eigenvalue weighted by Gasteiger charge is -2.09. The summed E-state index contributed by atoms with van der Waals surface area (Å²) in [6.07, 6.45) is -0.895. The van der Waals surface area contributed by atoms with Crippen LogP contribution in [0.3, 0.4) is 0 Å². The highest BCUT2D eigenvalue weighted by atomic mass is 19.1. The molecule has 0 aromatic heterocycles. The van der Waals surface area contributed by atoms with E-state index in [4.69, 9.17) is 15.1 Å². The Morgan fingerprint density at radius 3 is 2.86 bits per heavy atom. The lowest BCUT2D eigenvalue weighted by molar-refractivity contribution is 0.109. The van der Waals surface area contributed by atoms with Crippen LogP contribution >= 0.6 is 0 Å². The van der Waals surface area contributed by atoms with E-state index in [-0.39, 0.29) is 18.8 Å². The number of nitriles is 1.